The van der Waals surface area contributed by atoms with Crippen LogP contribution in [0.4, 0.5) is 5.13 Å². The largest absolute Gasteiger partial charge is 0.508 e. The first-order valence-corrected chi connectivity index (χ1v) is 12.7. The smallest absolute Gasteiger partial charge is 0.226 e. The molecule has 1 amide bonds. The van der Waals surface area contributed by atoms with Gasteiger partial charge >= 0.3 is 0 Å². The van der Waals surface area contributed by atoms with Gasteiger partial charge in [-0.25, -0.2) is 4.98 Å². The standard InChI is InChI=1S/C26H32N2O3S/c1-15-14-27-25(32-15)28-23(31)5-3-4-17-13-22(30)26(2)11-10-20-19-9-7-18(29)12-16(19)6-8-21(20)24(17)26/h7,9,12,14,17,20-21,24,29H,3-6,8,10-11,13H2,1-2H3,(H,27,28,31)/t17-,20-,21-,24+,26-/m1/s1. The van der Waals surface area contributed by atoms with Crippen molar-refractivity contribution in [1.82, 2.24) is 4.98 Å². The lowest BCUT2D eigenvalue weighted by Crippen LogP contribution is -2.44. The maximum absolute atomic E-state index is 13.1. The summed E-state index contributed by atoms with van der Waals surface area (Å²) in [6.07, 6.45) is 8.74. The van der Waals surface area contributed by atoms with Crippen molar-refractivity contribution in [2.45, 2.75) is 71.1 Å². The van der Waals surface area contributed by atoms with Crippen LogP contribution in [0.3, 0.4) is 0 Å². The summed E-state index contributed by atoms with van der Waals surface area (Å²) >= 11 is 1.49. The van der Waals surface area contributed by atoms with E-state index < -0.39 is 0 Å². The number of nitrogens with zero attached hydrogens (tertiary/aromatic N) is 1. The van der Waals surface area contributed by atoms with Gasteiger partial charge in [0.1, 0.15) is 11.5 Å². The van der Waals surface area contributed by atoms with Gasteiger partial charge in [0.05, 0.1) is 0 Å². The number of phenolic OH excluding ortho intramolecular Hbond substituents is 1. The van der Waals surface area contributed by atoms with Crippen molar-refractivity contribution >= 4 is 28.2 Å². The molecule has 1 heterocycles. The summed E-state index contributed by atoms with van der Waals surface area (Å²) in [5.74, 6) is 2.58. The first kappa shape index (κ1) is 21.6. The highest BCUT2D eigenvalue weighted by Crippen LogP contribution is 2.62. The fraction of sp³-hybridized carbons (Fsp3) is 0.577. The molecule has 0 saturated heterocycles. The Kier molecular flexibility index (Phi) is 5.60. The SMILES string of the molecule is Cc1cnc(NC(=O)CCC[C@@H]2CC(=O)[C@@]3(C)CC[C@@H]4c5ccc(O)cc5CC[C@H]4[C@H]23)s1. The summed E-state index contributed by atoms with van der Waals surface area (Å²) in [4.78, 5) is 30.8. The monoisotopic (exact) mass is 452 g/mol. The van der Waals surface area contributed by atoms with E-state index in [9.17, 15) is 14.7 Å². The van der Waals surface area contributed by atoms with Gasteiger partial charge in [0.2, 0.25) is 5.91 Å². The van der Waals surface area contributed by atoms with Crippen molar-refractivity contribution in [2.75, 3.05) is 5.32 Å². The average Bonchev–Trinajstić information content (AvgIpc) is 3.27. The zero-order valence-electron chi connectivity index (χ0n) is 18.9. The number of rotatable bonds is 5. The van der Waals surface area contributed by atoms with Crippen molar-refractivity contribution in [2.24, 2.45) is 23.2 Å². The molecule has 5 nitrogen and oxygen atoms in total. The van der Waals surface area contributed by atoms with Crippen LogP contribution in [-0.2, 0) is 16.0 Å². The lowest BCUT2D eigenvalue weighted by Gasteiger charge is -2.50. The molecule has 2 fully saturated rings. The van der Waals surface area contributed by atoms with Crippen LogP contribution in [0.15, 0.2) is 24.4 Å². The van der Waals surface area contributed by atoms with Crippen LogP contribution in [0.5, 0.6) is 5.75 Å². The summed E-state index contributed by atoms with van der Waals surface area (Å²) < 4.78 is 0. The number of nitrogens with one attached hydrogen (secondary N) is 1. The Bertz CT molecular complexity index is 1050. The normalized spacial score (nSPS) is 31.0. The van der Waals surface area contributed by atoms with E-state index in [0.29, 0.717) is 53.2 Å². The molecular weight excluding hydrogens is 420 g/mol. The number of fused-ring (bicyclic) bond motifs is 5. The van der Waals surface area contributed by atoms with E-state index in [0.717, 1.165) is 43.4 Å². The van der Waals surface area contributed by atoms with Gasteiger partial charge in [0.25, 0.3) is 0 Å². The molecule has 0 spiro atoms. The molecule has 0 bridgehead atoms. The Morgan fingerprint density at radius 3 is 2.97 bits per heavy atom. The number of anilines is 1. The highest BCUT2D eigenvalue weighted by Gasteiger charge is 2.58. The van der Waals surface area contributed by atoms with Gasteiger partial charge in [-0.2, -0.15) is 0 Å². The van der Waals surface area contributed by atoms with Gasteiger partial charge in [-0.05, 0) is 92.4 Å². The van der Waals surface area contributed by atoms with Gasteiger partial charge < -0.3 is 10.4 Å². The Hall–Kier alpha value is -2.21. The zero-order chi connectivity index (χ0) is 22.5. The molecule has 0 aliphatic heterocycles. The minimum Gasteiger partial charge on any atom is -0.508 e. The van der Waals surface area contributed by atoms with Crippen LogP contribution < -0.4 is 5.32 Å². The molecule has 3 aliphatic rings. The van der Waals surface area contributed by atoms with Crippen molar-refractivity contribution in [3.8, 4) is 5.75 Å². The number of amides is 1. The van der Waals surface area contributed by atoms with Gasteiger partial charge in [0, 0.05) is 29.3 Å². The van der Waals surface area contributed by atoms with Crippen LogP contribution in [-0.4, -0.2) is 21.8 Å². The van der Waals surface area contributed by atoms with E-state index in [-0.39, 0.29) is 11.3 Å². The quantitative estimate of drug-likeness (QED) is 0.617. The van der Waals surface area contributed by atoms with Gasteiger partial charge in [-0.1, -0.05) is 13.0 Å². The minimum absolute atomic E-state index is 0.0133. The van der Waals surface area contributed by atoms with Crippen molar-refractivity contribution in [3.63, 3.8) is 0 Å². The number of aryl methyl sites for hydroxylation is 2. The van der Waals surface area contributed by atoms with E-state index in [1.165, 1.54) is 22.5 Å². The highest BCUT2D eigenvalue weighted by atomic mass is 32.1. The topological polar surface area (TPSA) is 79.3 Å². The number of hydrogen-bond acceptors (Lipinski definition) is 5. The highest BCUT2D eigenvalue weighted by molar-refractivity contribution is 7.15. The number of aromatic hydroxyl groups is 1. The summed E-state index contributed by atoms with van der Waals surface area (Å²) in [5, 5.41) is 13.5. The Morgan fingerprint density at radius 1 is 1.34 bits per heavy atom. The van der Waals surface area contributed by atoms with E-state index in [1.807, 2.05) is 19.1 Å². The second-order valence-corrected chi connectivity index (χ2v) is 11.5. The Morgan fingerprint density at radius 2 is 2.19 bits per heavy atom. The lowest BCUT2D eigenvalue weighted by atomic mass is 9.54. The molecule has 6 heteroatoms. The third kappa shape index (κ3) is 3.76. The molecular formula is C26H32N2O3S. The summed E-state index contributed by atoms with van der Waals surface area (Å²) in [6.45, 7) is 4.19. The number of Topliss-reactive ketones (excluding diaryl/α,β-unsaturated/α-hetero) is 1. The first-order valence-electron chi connectivity index (χ1n) is 11.9. The summed E-state index contributed by atoms with van der Waals surface area (Å²) in [7, 11) is 0. The van der Waals surface area contributed by atoms with Crippen molar-refractivity contribution < 1.29 is 14.7 Å². The molecule has 2 aromatic rings. The maximum Gasteiger partial charge on any atom is 0.226 e. The average molecular weight is 453 g/mol. The van der Waals surface area contributed by atoms with Crippen LogP contribution >= 0.6 is 11.3 Å². The molecule has 5 atom stereocenters. The molecule has 2 N–H and O–H groups in total. The molecule has 0 unspecified atom stereocenters. The predicted octanol–water partition coefficient (Wildman–Crippen LogP) is 5.62. The molecule has 2 saturated carbocycles. The Labute approximate surface area is 193 Å². The second kappa shape index (κ2) is 8.29. The van der Waals surface area contributed by atoms with E-state index in [1.54, 1.807) is 6.20 Å². The number of hydrogen-bond donors (Lipinski definition) is 2. The number of thiazole rings is 1. The van der Waals surface area contributed by atoms with Gasteiger partial charge in [-0.3, -0.25) is 9.59 Å². The third-order valence-electron chi connectivity index (χ3n) is 8.40. The van der Waals surface area contributed by atoms with Gasteiger partial charge in [-0.15, -0.1) is 11.3 Å². The minimum atomic E-state index is -0.207. The van der Waals surface area contributed by atoms with Crippen LogP contribution in [0.1, 0.15) is 73.8 Å². The zero-order valence-corrected chi connectivity index (χ0v) is 19.7. The third-order valence-corrected chi connectivity index (χ3v) is 9.23. The number of benzene rings is 1. The fourth-order valence-electron chi connectivity index (χ4n) is 7.01. The summed E-state index contributed by atoms with van der Waals surface area (Å²) in [5.41, 5.74) is 2.46. The Balaban J connectivity index is 1.27. The number of aromatic nitrogens is 1. The number of ketones is 1. The van der Waals surface area contributed by atoms with Crippen molar-refractivity contribution in [3.05, 3.63) is 40.4 Å². The van der Waals surface area contributed by atoms with Crippen molar-refractivity contribution in [1.29, 1.82) is 0 Å². The summed E-state index contributed by atoms with van der Waals surface area (Å²) in [6, 6.07) is 5.86. The molecule has 32 heavy (non-hydrogen) atoms. The molecule has 3 aliphatic carbocycles. The van der Waals surface area contributed by atoms with Crippen LogP contribution in [0, 0.1) is 30.1 Å². The molecule has 170 valence electrons. The van der Waals surface area contributed by atoms with Crippen LogP contribution in [0.25, 0.3) is 0 Å². The molecule has 0 radical (unpaired) electrons. The number of carbonyl (C=O) groups is 2. The van der Waals surface area contributed by atoms with Gasteiger partial charge in [0.15, 0.2) is 5.13 Å². The number of carbonyl (C=O) groups excluding carboxylic acids is 2. The molecule has 1 aromatic heterocycles. The second-order valence-electron chi connectivity index (χ2n) is 10.3. The van der Waals surface area contributed by atoms with E-state index in [2.05, 4.69) is 23.3 Å². The fourth-order valence-corrected chi connectivity index (χ4v) is 7.69. The molecule has 5 rings (SSSR count). The number of phenols is 1. The maximum atomic E-state index is 13.1. The van der Waals surface area contributed by atoms with E-state index >= 15 is 0 Å². The predicted molar refractivity (Wildman–Crippen MR) is 126 cm³/mol. The lowest BCUT2D eigenvalue weighted by molar-refractivity contribution is -0.129. The van der Waals surface area contributed by atoms with Crippen LogP contribution in [0.2, 0.25) is 0 Å². The first-order chi connectivity index (χ1) is 15.3. The molecule has 1 aromatic carbocycles. The van der Waals surface area contributed by atoms with E-state index in [4.69, 9.17) is 0 Å².